The summed E-state index contributed by atoms with van der Waals surface area (Å²) in [6.07, 6.45) is 1.70. The highest BCUT2D eigenvalue weighted by Gasteiger charge is 2.14. The maximum atomic E-state index is 12.3. The summed E-state index contributed by atoms with van der Waals surface area (Å²) in [5.74, 6) is 0.0988. The molecule has 0 bridgehead atoms. The van der Waals surface area contributed by atoms with Gasteiger partial charge in [0.1, 0.15) is 5.82 Å². The van der Waals surface area contributed by atoms with Crippen LogP contribution in [0.2, 0.25) is 0 Å². The van der Waals surface area contributed by atoms with E-state index in [2.05, 4.69) is 41.4 Å². The van der Waals surface area contributed by atoms with Crippen LogP contribution in [0.5, 0.6) is 0 Å². The van der Waals surface area contributed by atoms with Gasteiger partial charge < -0.3 is 10.6 Å². The topological polar surface area (TPSA) is 84.0 Å². The average molecular weight is 402 g/mol. The van der Waals surface area contributed by atoms with Crippen LogP contribution in [-0.4, -0.2) is 28.3 Å². The lowest BCUT2D eigenvalue weighted by Crippen LogP contribution is -2.32. The number of hydrogen-bond donors (Lipinski definition) is 2. The molecule has 3 aromatic rings. The molecule has 0 aliphatic carbocycles. The van der Waals surface area contributed by atoms with Crippen LogP contribution in [0.15, 0.2) is 60.8 Å². The zero-order chi connectivity index (χ0) is 21.7. The summed E-state index contributed by atoms with van der Waals surface area (Å²) in [6, 6.07) is 16.7. The molecule has 0 fully saturated rings. The minimum atomic E-state index is -0.300. The summed E-state index contributed by atoms with van der Waals surface area (Å²) in [7, 11) is 0. The minimum absolute atomic E-state index is 0.0217. The zero-order valence-electron chi connectivity index (χ0n) is 17.7. The number of carbonyl (C=O) groups is 2. The van der Waals surface area contributed by atoms with Gasteiger partial charge in [0.2, 0.25) is 5.91 Å². The lowest BCUT2D eigenvalue weighted by Gasteiger charge is -2.19. The molecule has 2 amide bonds. The number of aryl methyl sites for hydroxylation is 1. The van der Waals surface area contributed by atoms with Crippen LogP contribution >= 0.6 is 0 Å². The molecule has 1 heterocycles. The second-order valence-electron chi connectivity index (χ2n) is 8.13. The van der Waals surface area contributed by atoms with Crippen molar-refractivity contribution in [1.29, 1.82) is 0 Å². The van der Waals surface area contributed by atoms with Gasteiger partial charge in [0.05, 0.1) is 12.2 Å². The van der Waals surface area contributed by atoms with E-state index in [0.29, 0.717) is 17.1 Å². The van der Waals surface area contributed by atoms with Crippen LogP contribution in [0.25, 0.3) is 11.3 Å². The number of hydrogen-bond acceptors (Lipinski definition) is 4. The maximum Gasteiger partial charge on any atom is 0.251 e. The largest absolute Gasteiger partial charge is 0.343 e. The first-order valence-corrected chi connectivity index (χ1v) is 9.81. The Labute approximate surface area is 176 Å². The lowest BCUT2D eigenvalue weighted by molar-refractivity contribution is -0.115. The molecule has 6 nitrogen and oxygen atoms in total. The standard InChI is InChI=1S/C24H26N4O2/c1-16-25-13-12-21(27-16)18-6-5-7-20(14-18)28-22(29)15-26-23(30)17-8-10-19(11-9-17)24(2,3)4/h5-14H,15H2,1-4H3,(H,26,30)(H,28,29). The number of amides is 2. The van der Waals surface area contributed by atoms with Gasteiger partial charge in [-0.3, -0.25) is 9.59 Å². The minimum Gasteiger partial charge on any atom is -0.343 e. The number of carbonyl (C=O) groups excluding carboxylic acids is 2. The Balaban J connectivity index is 1.58. The smallest absolute Gasteiger partial charge is 0.251 e. The molecule has 3 rings (SSSR count). The Morgan fingerprint density at radius 1 is 1.00 bits per heavy atom. The average Bonchev–Trinajstić information content (AvgIpc) is 2.72. The number of benzene rings is 2. The second-order valence-corrected chi connectivity index (χ2v) is 8.13. The molecule has 154 valence electrons. The highest BCUT2D eigenvalue weighted by molar-refractivity contribution is 5.99. The van der Waals surface area contributed by atoms with Crippen LogP contribution < -0.4 is 10.6 Å². The Hall–Kier alpha value is -3.54. The first-order chi connectivity index (χ1) is 14.2. The van der Waals surface area contributed by atoms with E-state index in [1.165, 1.54) is 0 Å². The van der Waals surface area contributed by atoms with E-state index < -0.39 is 0 Å². The van der Waals surface area contributed by atoms with Crippen molar-refractivity contribution < 1.29 is 9.59 Å². The molecule has 0 spiro atoms. The predicted octanol–water partition coefficient (Wildman–Crippen LogP) is 4.12. The maximum absolute atomic E-state index is 12.3. The molecule has 0 unspecified atom stereocenters. The molecule has 0 saturated carbocycles. The fraction of sp³-hybridized carbons (Fsp3) is 0.250. The van der Waals surface area contributed by atoms with E-state index in [4.69, 9.17) is 0 Å². The lowest BCUT2D eigenvalue weighted by atomic mass is 9.87. The third-order valence-corrected chi connectivity index (χ3v) is 4.64. The number of aromatic nitrogens is 2. The highest BCUT2D eigenvalue weighted by Crippen LogP contribution is 2.22. The van der Waals surface area contributed by atoms with E-state index in [-0.39, 0.29) is 23.8 Å². The summed E-state index contributed by atoms with van der Waals surface area (Å²) in [6.45, 7) is 8.07. The van der Waals surface area contributed by atoms with E-state index >= 15 is 0 Å². The molecule has 0 atom stereocenters. The Morgan fingerprint density at radius 2 is 1.73 bits per heavy atom. The quantitative estimate of drug-likeness (QED) is 0.672. The molecular formula is C24H26N4O2. The molecule has 2 aromatic carbocycles. The summed E-state index contributed by atoms with van der Waals surface area (Å²) < 4.78 is 0. The normalized spacial score (nSPS) is 11.1. The van der Waals surface area contributed by atoms with Crippen LogP contribution in [0.1, 0.15) is 42.5 Å². The SMILES string of the molecule is Cc1nccc(-c2cccc(NC(=O)CNC(=O)c3ccc(C(C)(C)C)cc3)c2)n1. The predicted molar refractivity (Wildman–Crippen MR) is 118 cm³/mol. The van der Waals surface area contributed by atoms with Gasteiger partial charge in [-0.1, -0.05) is 45.0 Å². The first-order valence-electron chi connectivity index (χ1n) is 9.81. The van der Waals surface area contributed by atoms with Crippen LogP contribution in [-0.2, 0) is 10.2 Å². The van der Waals surface area contributed by atoms with Gasteiger partial charge in [-0.05, 0) is 48.2 Å². The van der Waals surface area contributed by atoms with Crippen molar-refractivity contribution in [2.45, 2.75) is 33.1 Å². The van der Waals surface area contributed by atoms with Gasteiger partial charge in [0.15, 0.2) is 0 Å². The number of anilines is 1. The van der Waals surface area contributed by atoms with E-state index in [0.717, 1.165) is 16.8 Å². The summed E-state index contributed by atoms with van der Waals surface area (Å²) in [4.78, 5) is 33.1. The molecular weight excluding hydrogens is 376 g/mol. The fourth-order valence-electron chi connectivity index (χ4n) is 2.96. The molecule has 0 radical (unpaired) electrons. The van der Waals surface area contributed by atoms with Crippen LogP contribution in [0.4, 0.5) is 5.69 Å². The van der Waals surface area contributed by atoms with Crippen molar-refractivity contribution in [1.82, 2.24) is 15.3 Å². The van der Waals surface area contributed by atoms with Gasteiger partial charge in [-0.2, -0.15) is 0 Å². The van der Waals surface area contributed by atoms with Gasteiger partial charge in [-0.25, -0.2) is 9.97 Å². The van der Waals surface area contributed by atoms with Crippen LogP contribution in [0.3, 0.4) is 0 Å². The second kappa shape index (κ2) is 8.86. The molecule has 2 N–H and O–H groups in total. The number of nitrogens with one attached hydrogen (secondary N) is 2. The summed E-state index contributed by atoms with van der Waals surface area (Å²) in [5, 5.41) is 5.46. The van der Waals surface area contributed by atoms with Gasteiger partial charge in [-0.15, -0.1) is 0 Å². The van der Waals surface area contributed by atoms with Crippen LogP contribution in [0, 0.1) is 6.92 Å². The number of rotatable bonds is 5. The highest BCUT2D eigenvalue weighted by atomic mass is 16.2. The van der Waals surface area contributed by atoms with Crippen molar-refractivity contribution in [2.75, 3.05) is 11.9 Å². The molecule has 6 heteroatoms. The first kappa shape index (κ1) is 21.2. The summed E-state index contributed by atoms with van der Waals surface area (Å²) in [5.41, 5.74) is 3.99. The zero-order valence-corrected chi connectivity index (χ0v) is 17.7. The third-order valence-electron chi connectivity index (χ3n) is 4.64. The van der Waals surface area contributed by atoms with Crippen molar-refractivity contribution in [3.8, 4) is 11.3 Å². The Morgan fingerprint density at radius 3 is 2.40 bits per heavy atom. The molecule has 0 aliphatic rings. The van der Waals surface area contributed by atoms with Gasteiger partial charge >= 0.3 is 0 Å². The fourth-order valence-corrected chi connectivity index (χ4v) is 2.96. The molecule has 0 aliphatic heterocycles. The van der Waals surface area contributed by atoms with Crippen molar-refractivity contribution in [2.24, 2.45) is 0 Å². The number of nitrogens with zero attached hydrogens (tertiary/aromatic N) is 2. The monoisotopic (exact) mass is 402 g/mol. The Kier molecular flexibility index (Phi) is 6.26. The van der Waals surface area contributed by atoms with E-state index in [1.807, 2.05) is 43.3 Å². The molecule has 1 aromatic heterocycles. The van der Waals surface area contributed by atoms with E-state index in [1.54, 1.807) is 24.4 Å². The van der Waals surface area contributed by atoms with Crippen molar-refractivity contribution >= 4 is 17.5 Å². The van der Waals surface area contributed by atoms with E-state index in [9.17, 15) is 9.59 Å². The summed E-state index contributed by atoms with van der Waals surface area (Å²) >= 11 is 0. The Bertz CT molecular complexity index is 1050. The third kappa shape index (κ3) is 5.50. The van der Waals surface area contributed by atoms with Crippen molar-refractivity contribution in [3.63, 3.8) is 0 Å². The van der Waals surface area contributed by atoms with Gasteiger partial charge in [0, 0.05) is 23.0 Å². The molecule has 30 heavy (non-hydrogen) atoms. The molecule has 0 saturated heterocycles. The van der Waals surface area contributed by atoms with Gasteiger partial charge in [0.25, 0.3) is 5.91 Å². The van der Waals surface area contributed by atoms with Crippen molar-refractivity contribution in [3.05, 3.63) is 77.7 Å².